The highest BCUT2D eigenvalue weighted by Crippen LogP contribution is 2.25. The van der Waals surface area contributed by atoms with Crippen molar-refractivity contribution in [3.8, 4) is 0 Å². The highest BCUT2D eigenvalue weighted by Gasteiger charge is 2.17. The van der Waals surface area contributed by atoms with Gasteiger partial charge in [0.1, 0.15) is 5.15 Å². The molecule has 1 aliphatic heterocycles. The first-order valence-corrected chi connectivity index (χ1v) is 7.31. The van der Waals surface area contributed by atoms with Gasteiger partial charge in [-0.1, -0.05) is 11.6 Å². The van der Waals surface area contributed by atoms with Crippen molar-refractivity contribution in [2.75, 3.05) is 11.5 Å². The summed E-state index contributed by atoms with van der Waals surface area (Å²) in [5.74, 6) is 4.16. The number of fused-ring (bicyclic) bond motifs is 1. The summed E-state index contributed by atoms with van der Waals surface area (Å²) in [5, 5.41) is 13.1. The van der Waals surface area contributed by atoms with Crippen LogP contribution in [0.5, 0.6) is 0 Å². The van der Waals surface area contributed by atoms with E-state index in [2.05, 4.69) is 15.3 Å². The number of halogens is 1. The topological polar surface area (TPSA) is 43.1 Å². The third-order valence-electron chi connectivity index (χ3n) is 3.11. The summed E-state index contributed by atoms with van der Waals surface area (Å²) < 4.78 is 1.77. The fourth-order valence-corrected chi connectivity index (χ4v) is 3.49. The molecule has 0 bridgehead atoms. The van der Waals surface area contributed by atoms with Gasteiger partial charge in [0, 0.05) is 6.42 Å². The van der Waals surface area contributed by atoms with Gasteiger partial charge in [-0.15, -0.1) is 10.2 Å². The van der Waals surface area contributed by atoms with Crippen LogP contribution in [0, 0.1) is 5.92 Å². The van der Waals surface area contributed by atoms with Crippen molar-refractivity contribution in [2.24, 2.45) is 5.92 Å². The highest BCUT2D eigenvalue weighted by atomic mass is 35.5. The second-order valence-electron chi connectivity index (χ2n) is 4.30. The minimum Gasteiger partial charge on any atom is -0.196 e. The Morgan fingerprint density at radius 3 is 2.94 bits per heavy atom. The van der Waals surface area contributed by atoms with E-state index in [-0.39, 0.29) is 0 Å². The van der Waals surface area contributed by atoms with E-state index >= 15 is 0 Å². The van der Waals surface area contributed by atoms with Gasteiger partial charge in [0.15, 0.2) is 11.5 Å². The zero-order chi connectivity index (χ0) is 11.7. The normalized spacial score (nSPS) is 17.7. The Morgan fingerprint density at radius 2 is 2.12 bits per heavy atom. The Kier molecular flexibility index (Phi) is 3.20. The van der Waals surface area contributed by atoms with E-state index in [1.165, 1.54) is 24.3 Å². The summed E-state index contributed by atoms with van der Waals surface area (Å²) in [6.07, 6.45) is 3.48. The van der Waals surface area contributed by atoms with Gasteiger partial charge >= 0.3 is 0 Å². The van der Waals surface area contributed by atoms with Crippen LogP contribution in [0.4, 0.5) is 0 Å². The maximum Gasteiger partial charge on any atom is 0.178 e. The molecule has 1 aliphatic rings. The molecule has 4 nitrogen and oxygen atoms in total. The molecule has 1 saturated heterocycles. The summed E-state index contributed by atoms with van der Waals surface area (Å²) >= 11 is 7.94. The maximum atomic E-state index is 5.90. The average molecular weight is 269 g/mol. The molecule has 0 aromatic carbocycles. The quantitative estimate of drug-likeness (QED) is 0.839. The number of hydrogen-bond acceptors (Lipinski definition) is 4. The average Bonchev–Trinajstić information content (AvgIpc) is 2.73. The number of thioether (sulfide) groups is 1. The monoisotopic (exact) mass is 268 g/mol. The predicted molar refractivity (Wildman–Crippen MR) is 69.5 cm³/mol. The lowest BCUT2D eigenvalue weighted by atomic mass is 9.99. The van der Waals surface area contributed by atoms with Crippen molar-refractivity contribution in [1.82, 2.24) is 19.8 Å². The SMILES string of the molecule is Clc1ccc2nnc(CC3CCSCC3)n2n1. The molecule has 1 fully saturated rings. The van der Waals surface area contributed by atoms with Crippen molar-refractivity contribution >= 4 is 29.0 Å². The minimum absolute atomic E-state index is 0.484. The third kappa shape index (κ3) is 2.40. The molecule has 0 atom stereocenters. The molecule has 0 radical (unpaired) electrons. The molecule has 2 aromatic rings. The van der Waals surface area contributed by atoms with Gasteiger partial charge in [-0.3, -0.25) is 0 Å². The lowest BCUT2D eigenvalue weighted by Gasteiger charge is -2.19. The van der Waals surface area contributed by atoms with Crippen molar-refractivity contribution in [2.45, 2.75) is 19.3 Å². The van der Waals surface area contributed by atoms with Gasteiger partial charge in [-0.2, -0.15) is 21.4 Å². The first-order valence-electron chi connectivity index (χ1n) is 5.77. The van der Waals surface area contributed by atoms with Gasteiger partial charge in [-0.25, -0.2) is 0 Å². The zero-order valence-electron chi connectivity index (χ0n) is 9.34. The Hall–Kier alpha value is -0.810. The summed E-state index contributed by atoms with van der Waals surface area (Å²) in [6.45, 7) is 0. The van der Waals surface area contributed by atoms with E-state index < -0.39 is 0 Å². The van der Waals surface area contributed by atoms with Crippen LogP contribution in [0.25, 0.3) is 5.65 Å². The molecular weight excluding hydrogens is 256 g/mol. The van der Waals surface area contributed by atoms with Gasteiger partial charge in [0.2, 0.25) is 0 Å². The highest BCUT2D eigenvalue weighted by molar-refractivity contribution is 7.99. The molecule has 90 valence electrons. The van der Waals surface area contributed by atoms with E-state index in [9.17, 15) is 0 Å². The van der Waals surface area contributed by atoms with E-state index in [0.717, 1.165) is 17.9 Å². The Morgan fingerprint density at radius 1 is 1.29 bits per heavy atom. The van der Waals surface area contributed by atoms with Crippen LogP contribution in [0.15, 0.2) is 12.1 Å². The van der Waals surface area contributed by atoms with E-state index in [1.807, 2.05) is 17.8 Å². The van der Waals surface area contributed by atoms with Gasteiger partial charge < -0.3 is 0 Å². The fourth-order valence-electron chi connectivity index (χ4n) is 2.15. The van der Waals surface area contributed by atoms with Crippen LogP contribution in [0.1, 0.15) is 18.7 Å². The number of hydrogen-bond donors (Lipinski definition) is 0. The molecule has 2 aromatic heterocycles. The largest absolute Gasteiger partial charge is 0.196 e. The number of nitrogens with zero attached hydrogens (tertiary/aromatic N) is 4. The molecule has 3 rings (SSSR count). The van der Waals surface area contributed by atoms with Crippen molar-refractivity contribution in [1.29, 1.82) is 0 Å². The van der Waals surface area contributed by atoms with Crippen LogP contribution in [-0.2, 0) is 6.42 Å². The molecule has 0 aliphatic carbocycles. The summed E-state index contributed by atoms with van der Waals surface area (Å²) in [4.78, 5) is 0. The van der Waals surface area contributed by atoms with Gasteiger partial charge in [0.05, 0.1) is 0 Å². The summed E-state index contributed by atoms with van der Waals surface area (Å²) in [5.41, 5.74) is 0.773. The molecule has 0 saturated carbocycles. The van der Waals surface area contributed by atoms with Crippen LogP contribution in [0.3, 0.4) is 0 Å². The van der Waals surface area contributed by atoms with E-state index in [4.69, 9.17) is 11.6 Å². The third-order valence-corrected chi connectivity index (χ3v) is 4.36. The molecule has 17 heavy (non-hydrogen) atoms. The van der Waals surface area contributed by atoms with Crippen molar-refractivity contribution < 1.29 is 0 Å². The lowest BCUT2D eigenvalue weighted by molar-refractivity contribution is 0.471. The molecular formula is C11H13ClN4S. The molecule has 0 amide bonds. The Bertz CT molecular complexity index is 521. The van der Waals surface area contributed by atoms with Gasteiger partial charge in [0.25, 0.3) is 0 Å². The number of rotatable bonds is 2. The fraction of sp³-hybridized carbons (Fsp3) is 0.545. The Balaban J connectivity index is 1.86. The van der Waals surface area contributed by atoms with Crippen LogP contribution < -0.4 is 0 Å². The van der Waals surface area contributed by atoms with Crippen LogP contribution in [0.2, 0.25) is 5.15 Å². The smallest absolute Gasteiger partial charge is 0.178 e. The van der Waals surface area contributed by atoms with Crippen LogP contribution in [-0.4, -0.2) is 31.3 Å². The predicted octanol–water partition coefficient (Wildman–Crippen LogP) is 2.46. The van der Waals surface area contributed by atoms with Crippen molar-refractivity contribution in [3.63, 3.8) is 0 Å². The van der Waals surface area contributed by atoms with Crippen LogP contribution >= 0.6 is 23.4 Å². The first-order chi connectivity index (χ1) is 8.33. The second kappa shape index (κ2) is 4.82. The van der Waals surface area contributed by atoms with E-state index in [1.54, 1.807) is 10.6 Å². The maximum absolute atomic E-state index is 5.90. The standard InChI is InChI=1S/C11H13ClN4S/c12-9-1-2-10-13-14-11(16(10)15-9)7-8-3-5-17-6-4-8/h1-2,8H,3-7H2. The molecule has 6 heteroatoms. The first kappa shape index (κ1) is 11.3. The van der Waals surface area contributed by atoms with E-state index in [0.29, 0.717) is 11.1 Å². The zero-order valence-corrected chi connectivity index (χ0v) is 10.9. The second-order valence-corrected chi connectivity index (χ2v) is 5.91. The van der Waals surface area contributed by atoms with Crippen molar-refractivity contribution in [3.05, 3.63) is 23.1 Å². The number of aromatic nitrogens is 4. The molecule has 0 N–H and O–H groups in total. The van der Waals surface area contributed by atoms with Gasteiger partial charge in [-0.05, 0) is 42.4 Å². The summed E-state index contributed by atoms with van der Waals surface area (Å²) in [6, 6.07) is 3.59. The Labute approximate surface area is 109 Å². The molecule has 3 heterocycles. The summed E-state index contributed by atoms with van der Waals surface area (Å²) in [7, 11) is 0. The molecule has 0 spiro atoms. The lowest BCUT2D eigenvalue weighted by Crippen LogP contribution is -2.14. The molecule has 0 unspecified atom stereocenters. The minimum atomic E-state index is 0.484.